The highest BCUT2D eigenvalue weighted by Gasteiger charge is 2.24. The average Bonchev–Trinajstić information content (AvgIpc) is 3.19. The first-order valence-corrected chi connectivity index (χ1v) is 23.9. The molecule has 0 heterocycles. The van der Waals surface area contributed by atoms with Crippen LogP contribution in [0.2, 0.25) is 0 Å². The molecule has 56 heavy (non-hydrogen) atoms. The summed E-state index contributed by atoms with van der Waals surface area (Å²) in [6.45, 7) is 6.31. The quantitative estimate of drug-likeness (QED) is 0.0248. The molecule has 0 aromatic carbocycles. The number of carbonyl (C=O) groups excluding carboxylic acids is 2. The number of nitrogens with one attached hydrogen (secondary N) is 1. The second-order valence-electron chi connectivity index (χ2n) is 16.2. The Labute approximate surface area is 346 Å². The molecular weight excluding hydrogens is 695 g/mol. The summed E-state index contributed by atoms with van der Waals surface area (Å²) in [7, 11) is 0. The van der Waals surface area contributed by atoms with Crippen molar-refractivity contribution in [2.24, 2.45) is 0 Å². The highest BCUT2D eigenvalue weighted by molar-refractivity contribution is 5.77. The van der Waals surface area contributed by atoms with Crippen molar-refractivity contribution >= 4 is 11.9 Å². The minimum absolute atomic E-state index is 0.0618. The number of unbranched alkanes of at least 4 members (excludes halogenated alkanes) is 24. The number of hydrogen-bond donors (Lipinski definition) is 3. The Bertz CT molecular complexity index is 972. The maximum Gasteiger partial charge on any atom is 0.306 e. The Balaban J connectivity index is 4.56. The largest absolute Gasteiger partial charge is 0.462 e. The first-order valence-electron chi connectivity index (χ1n) is 23.9. The van der Waals surface area contributed by atoms with E-state index in [9.17, 15) is 19.8 Å². The molecule has 1 amide bonds. The van der Waals surface area contributed by atoms with E-state index in [-0.39, 0.29) is 24.9 Å². The van der Waals surface area contributed by atoms with Crippen molar-refractivity contribution < 1.29 is 24.5 Å². The number of aliphatic hydroxyl groups is 2. The minimum atomic E-state index is -0.791. The molecule has 0 rings (SSSR count). The molecular formula is C50H91NO5. The van der Waals surface area contributed by atoms with E-state index in [1.54, 1.807) is 0 Å². The number of hydrogen-bond acceptors (Lipinski definition) is 5. The number of ether oxygens (including phenoxy) is 1. The van der Waals surface area contributed by atoms with E-state index in [4.69, 9.17) is 4.74 Å². The molecule has 0 saturated heterocycles. The molecule has 0 aromatic heterocycles. The van der Waals surface area contributed by atoms with E-state index in [1.807, 2.05) is 0 Å². The summed E-state index contributed by atoms with van der Waals surface area (Å²) in [5.74, 6) is -0.503. The first-order chi connectivity index (χ1) is 27.5. The summed E-state index contributed by atoms with van der Waals surface area (Å²) >= 11 is 0. The Kier molecular flexibility index (Phi) is 42.2. The van der Waals surface area contributed by atoms with E-state index >= 15 is 0 Å². The summed E-state index contributed by atoms with van der Waals surface area (Å²) in [5.41, 5.74) is 0. The van der Waals surface area contributed by atoms with Crippen LogP contribution in [0.1, 0.15) is 233 Å². The number of allylic oxidation sites excluding steroid dienone is 8. The SMILES string of the molecule is CC/C=C/C=C/C=C/CCCCCCCCCC(=O)OC(CCCCC/C=C\CCCCC)CC(=O)NC(CO)C(O)CCCCCCCCCCCCCC. The molecule has 326 valence electrons. The molecule has 0 aliphatic carbocycles. The lowest BCUT2D eigenvalue weighted by atomic mass is 10.0. The predicted molar refractivity (Wildman–Crippen MR) is 241 cm³/mol. The summed E-state index contributed by atoms with van der Waals surface area (Å²) in [5, 5.41) is 23.7. The van der Waals surface area contributed by atoms with Gasteiger partial charge in [-0.15, -0.1) is 0 Å². The smallest absolute Gasteiger partial charge is 0.306 e. The van der Waals surface area contributed by atoms with Gasteiger partial charge in [0.1, 0.15) is 6.10 Å². The normalized spacial score (nSPS) is 13.7. The first kappa shape index (κ1) is 53.8. The van der Waals surface area contributed by atoms with Gasteiger partial charge in [0.2, 0.25) is 5.91 Å². The summed E-state index contributed by atoms with van der Waals surface area (Å²) in [6.07, 6.45) is 51.7. The van der Waals surface area contributed by atoms with Crippen molar-refractivity contribution in [3.63, 3.8) is 0 Å². The van der Waals surface area contributed by atoms with Crippen LogP contribution in [0.4, 0.5) is 0 Å². The number of rotatable bonds is 42. The predicted octanol–water partition coefficient (Wildman–Crippen LogP) is 13.9. The van der Waals surface area contributed by atoms with Crippen molar-refractivity contribution in [3.05, 3.63) is 48.6 Å². The third-order valence-corrected chi connectivity index (χ3v) is 10.7. The summed E-state index contributed by atoms with van der Waals surface area (Å²) < 4.78 is 5.89. The lowest BCUT2D eigenvalue weighted by Gasteiger charge is -2.24. The Morgan fingerprint density at radius 2 is 0.982 bits per heavy atom. The maximum absolute atomic E-state index is 13.1. The summed E-state index contributed by atoms with van der Waals surface area (Å²) in [6, 6.07) is -0.706. The van der Waals surface area contributed by atoms with Crippen molar-refractivity contribution in [1.29, 1.82) is 0 Å². The van der Waals surface area contributed by atoms with Crippen molar-refractivity contribution in [1.82, 2.24) is 5.32 Å². The standard InChI is InChI=1S/C50H91NO5/c1-4-7-10-13-16-19-22-24-25-26-28-31-34-37-40-43-50(55)56-46(41-38-35-32-29-21-18-15-12-9-6-3)44-49(54)51-47(45-52)48(53)42-39-36-33-30-27-23-20-17-14-11-8-5-2/h7,10,13,16,18-19,21-22,46-48,52-53H,4-6,8-9,11-12,14-15,17,20,23-45H2,1-3H3,(H,51,54)/b10-7+,16-13+,21-18-,22-19+. The van der Waals surface area contributed by atoms with Gasteiger partial charge in [0, 0.05) is 6.42 Å². The van der Waals surface area contributed by atoms with Crippen LogP contribution in [0.5, 0.6) is 0 Å². The highest BCUT2D eigenvalue weighted by Crippen LogP contribution is 2.17. The van der Waals surface area contributed by atoms with E-state index in [2.05, 4.69) is 74.7 Å². The zero-order valence-electron chi connectivity index (χ0n) is 37.0. The molecule has 0 aromatic rings. The van der Waals surface area contributed by atoms with Gasteiger partial charge in [-0.05, 0) is 70.6 Å². The highest BCUT2D eigenvalue weighted by atomic mass is 16.5. The lowest BCUT2D eigenvalue weighted by molar-refractivity contribution is -0.151. The topological polar surface area (TPSA) is 95.9 Å². The molecule has 6 nitrogen and oxygen atoms in total. The number of amides is 1. The Hall–Kier alpha value is -2.18. The number of esters is 1. The van der Waals surface area contributed by atoms with Crippen molar-refractivity contribution in [2.45, 2.75) is 251 Å². The van der Waals surface area contributed by atoms with Gasteiger partial charge >= 0.3 is 5.97 Å². The maximum atomic E-state index is 13.1. The van der Waals surface area contributed by atoms with Crippen LogP contribution in [0, 0.1) is 0 Å². The van der Waals surface area contributed by atoms with Crippen LogP contribution >= 0.6 is 0 Å². The van der Waals surface area contributed by atoms with Gasteiger partial charge in [-0.2, -0.15) is 0 Å². The molecule has 0 aliphatic heterocycles. The fraction of sp³-hybridized carbons (Fsp3) is 0.800. The molecule has 0 aliphatic rings. The van der Waals surface area contributed by atoms with Crippen LogP contribution in [0.15, 0.2) is 48.6 Å². The Morgan fingerprint density at radius 3 is 1.55 bits per heavy atom. The van der Waals surface area contributed by atoms with E-state index in [0.717, 1.165) is 83.5 Å². The molecule has 0 fully saturated rings. The second-order valence-corrected chi connectivity index (χ2v) is 16.2. The van der Waals surface area contributed by atoms with Crippen LogP contribution in [0.3, 0.4) is 0 Å². The monoisotopic (exact) mass is 786 g/mol. The minimum Gasteiger partial charge on any atom is -0.462 e. The molecule has 0 radical (unpaired) electrons. The van der Waals surface area contributed by atoms with Crippen LogP contribution in [0.25, 0.3) is 0 Å². The van der Waals surface area contributed by atoms with Crippen LogP contribution in [-0.2, 0) is 14.3 Å². The lowest BCUT2D eigenvalue weighted by Crippen LogP contribution is -2.46. The molecule has 0 bridgehead atoms. The van der Waals surface area contributed by atoms with Crippen LogP contribution in [-0.4, -0.2) is 46.9 Å². The average molecular weight is 786 g/mol. The third kappa shape index (κ3) is 38.7. The number of aliphatic hydroxyl groups excluding tert-OH is 2. The summed E-state index contributed by atoms with van der Waals surface area (Å²) in [4.78, 5) is 26.0. The molecule has 3 atom stereocenters. The van der Waals surface area contributed by atoms with E-state index < -0.39 is 18.2 Å². The molecule has 0 saturated carbocycles. The van der Waals surface area contributed by atoms with Crippen LogP contribution < -0.4 is 5.32 Å². The van der Waals surface area contributed by atoms with E-state index in [0.29, 0.717) is 19.3 Å². The fourth-order valence-corrected chi connectivity index (χ4v) is 7.07. The molecule has 3 N–H and O–H groups in total. The van der Waals surface area contributed by atoms with Gasteiger partial charge in [-0.1, -0.05) is 198 Å². The van der Waals surface area contributed by atoms with Gasteiger partial charge in [-0.3, -0.25) is 9.59 Å². The molecule has 0 spiro atoms. The zero-order valence-corrected chi connectivity index (χ0v) is 37.0. The van der Waals surface area contributed by atoms with Gasteiger partial charge in [0.15, 0.2) is 0 Å². The van der Waals surface area contributed by atoms with Gasteiger partial charge in [0.25, 0.3) is 0 Å². The molecule has 6 heteroatoms. The van der Waals surface area contributed by atoms with Crippen molar-refractivity contribution in [3.8, 4) is 0 Å². The van der Waals surface area contributed by atoms with Gasteiger partial charge in [0.05, 0.1) is 25.2 Å². The third-order valence-electron chi connectivity index (χ3n) is 10.7. The van der Waals surface area contributed by atoms with Gasteiger partial charge < -0.3 is 20.3 Å². The zero-order chi connectivity index (χ0) is 41.0. The van der Waals surface area contributed by atoms with E-state index in [1.165, 1.54) is 103 Å². The van der Waals surface area contributed by atoms with Gasteiger partial charge in [-0.25, -0.2) is 0 Å². The fourth-order valence-electron chi connectivity index (χ4n) is 7.07. The Morgan fingerprint density at radius 1 is 0.536 bits per heavy atom. The molecule has 3 unspecified atom stereocenters. The van der Waals surface area contributed by atoms with Crippen molar-refractivity contribution in [2.75, 3.05) is 6.61 Å². The second kappa shape index (κ2) is 43.9. The number of carbonyl (C=O) groups is 2.